The molecule has 0 aliphatic heterocycles. The molecule has 0 radical (unpaired) electrons. The molecule has 0 aromatic carbocycles. The molecule has 16 heavy (non-hydrogen) atoms. The van der Waals surface area contributed by atoms with Gasteiger partial charge in [0.1, 0.15) is 6.00 Å². The molecule has 0 saturated heterocycles. The molecule has 7 heteroatoms. The normalized spacial score (nSPS) is 10.6. The highest BCUT2D eigenvalue weighted by molar-refractivity contribution is 6.15. The highest BCUT2D eigenvalue weighted by Crippen LogP contribution is 1.99. The number of halogens is 1. The highest BCUT2D eigenvalue weighted by atomic mass is 35.5. The Morgan fingerprint density at radius 1 is 1.38 bits per heavy atom. The summed E-state index contributed by atoms with van der Waals surface area (Å²) in [6, 6.07) is -0.261. The molecule has 0 fully saturated rings. The van der Waals surface area contributed by atoms with E-state index in [-0.39, 0.29) is 12.4 Å². The lowest BCUT2D eigenvalue weighted by atomic mass is 10.2. The zero-order chi connectivity index (χ0) is 12.1. The van der Waals surface area contributed by atoms with Crippen molar-refractivity contribution in [1.82, 2.24) is 14.3 Å². The number of aromatic nitrogens is 3. The summed E-state index contributed by atoms with van der Waals surface area (Å²) in [5.41, 5.74) is -1.37. The van der Waals surface area contributed by atoms with E-state index >= 15 is 0 Å². The molecule has 90 valence electrons. The average molecular weight is 248 g/mol. The van der Waals surface area contributed by atoms with Crippen molar-refractivity contribution in [3.05, 3.63) is 21.0 Å². The van der Waals surface area contributed by atoms with Crippen molar-refractivity contribution in [2.75, 3.05) is 0 Å². The van der Waals surface area contributed by atoms with Crippen molar-refractivity contribution < 1.29 is 4.79 Å². The molecule has 1 N–H and O–H groups in total. The molecule has 0 spiro atoms. The smallest absolute Gasteiger partial charge is 0.272 e. The number of aromatic amines is 1. The monoisotopic (exact) mass is 247 g/mol. The molecule has 0 aliphatic rings. The first-order valence-electron chi connectivity index (χ1n) is 5.12. The summed E-state index contributed by atoms with van der Waals surface area (Å²) in [6.45, 7) is 2.02. The van der Waals surface area contributed by atoms with Gasteiger partial charge in [0.2, 0.25) is 5.91 Å². The maximum absolute atomic E-state index is 11.6. The van der Waals surface area contributed by atoms with Crippen LogP contribution in [0.15, 0.2) is 9.59 Å². The molecule has 0 unspecified atom stereocenters. The van der Waals surface area contributed by atoms with Gasteiger partial charge in [-0.3, -0.25) is 4.79 Å². The lowest BCUT2D eigenvalue weighted by Gasteiger charge is -1.98. The molecule has 6 nitrogen and oxygen atoms in total. The Morgan fingerprint density at radius 2 is 2.06 bits per heavy atom. The third-order valence-corrected chi connectivity index (χ3v) is 2.48. The van der Waals surface area contributed by atoms with Crippen LogP contribution in [0.2, 0.25) is 0 Å². The molecule has 0 saturated carbocycles. The Morgan fingerprint density at radius 3 is 2.56 bits per heavy atom. The first-order valence-corrected chi connectivity index (χ1v) is 5.66. The summed E-state index contributed by atoms with van der Waals surface area (Å²) in [5, 5.41) is 2.17. The van der Waals surface area contributed by atoms with Crippen molar-refractivity contribution in [1.29, 1.82) is 0 Å². The third-order valence-electron chi connectivity index (χ3n) is 2.24. The van der Waals surface area contributed by atoms with E-state index in [1.165, 1.54) is 0 Å². The summed E-state index contributed by atoms with van der Waals surface area (Å²) in [4.78, 5) is 34.2. The molecule has 1 heterocycles. The van der Waals surface area contributed by atoms with E-state index in [0.29, 0.717) is 6.42 Å². The second kappa shape index (κ2) is 5.69. The number of hydrogen-bond acceptors (Lipinski definition) is 3. The summed E-state index contributed by atoms with van der Waals surface area (Å²) in [7, 11) is 0. The van der Waals surface area contributed by atoms with E-state index < -0.39 is 17.3 Å². The minimum atomic E-state index is -0.707. The predicted octanol–water partition coefficient (Wildman–Crippen LogP) is 0.755. The van der Waals surface area contributed by atoms with Crippen molar-refractivity contribution in [2.24, 2.45) is 0 Å². The standard InChI is InChI=1S/C9H14ClN3O3/c1-2-3-4-5-7(14)13-9(16)12(6-10)8(15)11-13/h2-6H2,1H3,(H,11,15). The number of nitrogens with one attached hydrogen (secondary N) is 1. The van der Waals surface area contributed by atoms with Crippen LogP contribution in [0.25, 0.3) is 0 Å². The fourth-order valence-corrected chi connectivity index (χ4v) is 1.53. The van der Waals surface area contributed by atoms with Crippen LogP contribution in [0.5, 0.6) is 0 Å². The molecule has 0 amide bonds. The van der Waals surface area contributed by atoms with Crippen LogP contribution in [0.1, 0.15) is 37.4 Å². The lowest BCUT2D eigenvalue weighted by molar-refractivity contribution is 0.0877. The number of carbonyl (C=O) groups is 1. The van der Waals surface area contributed by atoms with Gasteiger partial charge in [-0.1, -0.05) is 19.8 Å². The Kier molecular flexibility index (Phi) is 4.54. The summed E-state index contributed by atoms with van der Waals surface area (Å²) in [5.74, 6) is -0.403. The van der Waals surface area contributed by atoms with Gasteiger partial charge in [-0.25, -0.2) is 19.3 Å². The lowest BCUT2D eigenvalue weighted by Crippen LogP contribution is -2.30. The second-order valence-corrected chi connectivity index (χ2v) is 3.67. The maximum Gasteiger partial charge on any atom is 0.355 e. The molecule has 1 aromatic rings. The van der Waals surface area contributed by atoms with Gasteiger partial charge in [0.25, 0.3) is 0 Å². The van der Waals surface area contributed by atoms with E-state index in [2.05, 4.69) is 5.10 Å². The van der Waals surface area contributed by atoms with Gasteiger partial charge in [-0.2, -0.15) is 4.68 Å². The number of H-pyrrole nitrogens is 1. The second-order valence-electron chi connectivity index (χ2n) is 3.43. The average Bonchev–Trinajstić information content (AvgIpc) is 2.54. The third kappa shape index (κ3) is 2.63. The first-order chi connectivity index (χ1) is 7.61. The van der Waals surface area contributed by atoms with Crippen LogP contribution in [0.3, 0.4) is 0 Å². The van der Waals surface area contributed by atoms with Gasteiger partial charge in [0, 0.05) is 6.42 Å². The van der Waals surface area contributed by atoms with Gasteiger partial charge < -0.3 is 0 Å². The Hall–Kier alpha value is -1.30. The van der Waals surface area contributed by atoms with Gasteiger partial charge >= 0.3 is 11.4 Å². The van der Waals surface area contributed by atoms with E-state index in [1.807, 2.05) is 6.92 Å². The van der Waals surface area contributed by atoms with Crippen LogP contribution in [-0.2, 0) is 6.00 Å². The topological polar surface area (TPSA) is 76.9 Å². The van der Waals surface area contributed by atoms with Crippen molar-refractivity contribution in [3.63, 3.8) is 0 Å². The molecule has 1 rings (SSSR count). The molecule has 0 bridgehead atoms. The molecule has 0 atom stereocenters. The molecular formula is C9H14ClN3O3. The maximum atomic E-state index is 11.6. The first kappa shape index (κ1) is 12.8. The molecule has 1 aromatic heterocycles. The molecule has 0 aliphatic carbocycles. The number of alkyl halides is 1. The minimum Gasteiger partial charge on any atom is -0.272 e. The van der Waals surface area contributed by atoms with Crippen LogP contribution in [0.4, 0.5) is 0 Å². The van der Waals surface area contributed by atoms with Crippen LogP contribution >= 0.6 is 11.6 Å². The van der Waals surface area contributed by atoms with Crippen molar-refractivity contribution in [3.8, 4) is 0 Å². The van der Waals surface area contributed by atoms with E-state index in [9.17, 15) is 14.4 Å². The van der Waals surface area contributed by atoms with Gasteiger partial charge in [0.15, 0.2) is 0 Å². The van der Waals surface area contributed by atoms with E-state index in [1.54, 1.807) is 0 Å². The van der Waals surface area contributed by atoms with Crippen LogP contribution < -0.4 is 11.4 Å². The number of unbranched alkanes of at least 4 members (excludes halogenated alkanes) is 2. The summed E-state index contributed by atoms with van der Waals surface area (Å²) in [6.07, 6.45) is 2.86. The van der Waals surface area contributed by atoms with Crippen molar-refractivity contribution in [2.45, 2.75) is 38.6 Å². The highest BCUT2D eigenvalue weighted by Gasteiger charge is 2.13. The Labute approximate surface area is 96.8 Å². The fraction of sp³-hybridized carbons (Fsp3) is 0.667. The largest absolute Gasteiger partial charge is 0.355 e. The number of rotatable bonds is 5. The summed E-state index contributed by atoms with van der Waals surface area (Å²) < 4.78 is 1.49. The summed E-state index contributed by atoms with van der Waals surface area (Å²) >= 11 is 5.40. The zero-order valence-electron chi connectivity index (χ0n) is 9.03. The van der Waals surface area contributed by atoms with Crippen molar-refractivity contribution >= 4 is 17.5 Å². The molecular weight excluding hydrogens is 234 g/mol. The number of carbonyl (C=O) groups excluding carboxylic acids is 1. The Balaban J connectivity index is 2.85. The van der Waals surface area contributed by atoms with Crippen LogP contribution in [-0.4, -0.2) is 20.3 Å². The van der Waals surface area contributed by atoms with Gasteiger partial charge in [0.05, 0.1) is 0 Å². The quantitative estimate of drug-likeness (QED) is 0.616. The Bertz CT molecular complexity index is 471. The SMILES string of the molecule is CCCCCC(=O)n1[nH]c(=O)n(CCl)c1=O. The van der Waals surface area contributed by atoms with Crippen LogP contribution in [0, 0.1) is 0 Å². The number of nitrogens with zero attached hydrogens (tertiary/aromatic N) is 2. The van der Waals surface area contributed by atoms with E-state index in [4.69, 9.17) is 11.6 Å². The van der Waals surface area contributed by atoms with Gasteiger partial charge in [-0.05, 0) is 6.42 Å². The fourth-order valence-electron chi connectivity index (χ4n) is 1.32. The van der Waals surface area contributed by atoms with E-state index in [0.717, 1.165) is 22.1 Å². The van der Waals surface area contributed by atoms with Gasteiger partial charge in [-0.15, -0.1) is 11.6 Å². The predicted molar refractivity (Wildman–Crippen MR) is 59.9 cm³/mol. The number of hydrogen-bond donors (Lipinski definition) is 1. The zero-order valence-corrected chi connectivity index (χ0v) is 9.79. The minimum absolute atomic E-state index is 0.246.